The monoisotopic (exact) mass is 512 g/mol. The summed E-state index contributed by atoms with van der Waals surface area (Å²) in [6.07, 6.45) is 0.846. The molecular formula is C21H29IN4O3. The van der Waals surface area contributed by atoms with Gasteiger partial charge in [-0.2, -0.15) is 0 Å². The van der Waals surface area contributed by atoms with E-state index in [1.165, 1.54) is 0 Å². The van der Waals surface area contributed by atoms with Gasteiger partial charge in [0, 0.05) is 18.0 Å². The zero-order valence-electron chi connectivity index (χ0n) is 17.3. The number of aryl methyl sites for hydroxylation is 1. The Morgan fingerprint density at radius 3 is 2.76 bits per heavy atom. The summed E-state index contributed by atoms with van der Waals surface area (Å²) in [4.78, 5) is 4.59. The van der Waals surface area contributed by atoms with Gasteiger partial charge in [0.05, 0.1) is 18.3 Å². The van der Waals surface area contributed by atoms with Crippen molar-refractivity contribution in [3.63, 3.8) is 0 Å². The molecule has 0 aliphatic heterocycles. The maximum absolute atomic E-state index is 6.07. The van der Waals surface area contributed by atoms with Crippen LogP contribution >= 0.6 is 24.0 Å². The summed E-state index contributed by atoms with van der Waals surface area (Å²) in [6.45, 7) is 9.84. The van der Waals surface area contributed by atoms with Crippen molar-refractivity contribution in [3.8, 4) is 5.75 Å². The highest BCUT2D eigenvalue weighted by molar-refractivity contribution is 14.0. The minimum absolute atomic E-state index is 0. The number of rotatable bonds is 8. The van der Waals surface area contributed by atoms with Gasteiger partial charge in [-0.1, -0.05) is 24.2 Å². The third kappa shape index (κ3) is 5.88. The van der Waals surface area contributed by atoms with Crippen LogP contribution in [0.5, 0.6) is 5.75 Å². The molecule has 3 rings (SSSR count). The standard InChI is InChI=1S/C21H28N4O3.HI/c1-5-16-12-17(28-25-16)13-23-21(22-6-2)24-14(4)19-11-15-9-8-10-18(26-7-3)20(15)27-19;/h8-12,14H,5-7,13H2,1-4H3,(H2,22,23,24);1H. The molecule has 0 radical (unpaired) electrons. The van der Waals surface area contributed by atoms with Gasteiger partial charge in [-0.15, -0.1) is 24.0 Å². The molecule has 158 valence electrons. The Balaban J connectivity index is 0.00000300. The fraction of sp³-hybridized carbons (Fsp3) is 0.429. The van der Waals surface area contributed by atoms with Crippen LogP contribution in [0, 0.1) is 0 Å². The van der Waals surface area contributed by atoms with Gasteiger partial charge < -0.3 is 24.3 Å². The molecule has 7 nitrogen and oxygen atoms in total. The maximum Gasteiger partial charge on any atom is 0.192 e. The highest BCUT2D eigenvalue weighted by atomic mass is 127. The van der Waals surface area contributed by atoms with E-state index in [0.717, 1.165) is 46.9 Å². The van der Waals surface area contributed by atoms with Crippen molar-refractivity contribution in [2.24, 2.45) is 4.99 Å². The van der Waals surface area contributed by atoms with E-state index in [1.54, 1.807) is 0 Å². The van der Waals surface area contributed by atoms with Crippen LogP contribution in [0.4, 0.5) is 0 Å². The third-order valence-electron chi connectivity index (χ3n) is 4.31. The summed E-state index contributed by atoms with van der Waals surface area (Å²) in [5, 5.41) is 11.7. The number of fused-ring (bicyclic) bond motifs is 1. The van der Waals surface area contributed by atoms with Gasteiger partial charge >= 0.3 is 0 Å². The normalized spacial score (nSPS) is 12.5. The molecule has 0 spiro atoms. The number of furan rings is 1. The predicted octanol–water partition coefficient (Wildman–Crippen LogP) is 4.82. The summed E-state index contributed by atoms with van der Waals surface area (Å²) in [6, 6.07) is 9.81. The molecule has 0 aliphatic rings. The van der Waals surface area contributed by atoms with Gasteiger partial charge in [-0.3, -0.25) is 0 Å². The van der Waals surface area contributed by atoms with Crippen molar-refractivity contribution in [2.45, 2.75) is 46.7 Å². The predicted molar refractivity (Wildman–Crippen MR) is 125 cm³/mol. The molecule has 0 aliphatic carbocycles. The minimum atomic E-state index is -0.0689. The van der Waals surface area contributed by atoms with Crippen molar-refractivity contribution in [3.05, 3.63) is 47.5 Å². The lowest BCUT2D eigenvalue weighted by Crippen LogP contribution is -2.38. The van der Waals surface area contributed by atoms with E-state index in [-0.39, 0.29) is 30.0 Å². The van der Waals surface area contributed by atoms with Crippen molar-refractivity contribution >= 4 is 40.9 Å². The van der Waals surface area contributed by atoms with Crippen LogP contribution in [0.15, 0.2) is 44.3 Å². The minimum Gasteiger partial charge on any atom is -0.490 e. The van der Waals surface area contributed by atoms with Crippen molar-refractivity contribution < 1.29 is 13.7 Å². The number of para-hydroxylation sites is 1. The first kappa shape index (κ1) is 23.1. The molecule has 2 aromatic heterocycles. The van der Waals surface area contributed by atoms with Crippen molar-refractivity contribution in [1.29, 1.82) is 0 Å². The average molecular weight is 512 g/mol. The maximum atomic E-state index is 6.07. The smallest absolute Gasteiger partial charge is 0.192 e. The number of ether oxygens (including phenoxy) is 1. The van der Waals surface area contributed by atoms with E-state index >= 15 is 0 Å². The number of nitrogens with one attached hydrogen (secondary N) is 2. The lowest BCUT2D eigenvalue weighted by molar-refractivity contribution is 0.336. The van der Waals surface area contributed by atoms with Crippen LogP contribution in [-0.2, 0) is 13.0 Å². The van der Waals surface area contributed by atoms with Crippen LogP contribution in [0.1, 0.15) is 51.0 Å². The highest BCUT2D eigenvalue weighted by Crippen LogP contribution is 2.31. The largest absolute Gasteiger partial charge is 0.490 e. The molecule has 1 unspecified atom stereocenters. The topological polar surface area (TPSA) is 84.8 Å². The molecule has 0 saturated heterocycles. The van der Waals surface area contributed by atoms with Crippen LogP contribution in [0.3, 0.4) is 0 Å². The second kappa shape index (κ2) is 11.1. The highest BCUT2D eigenvalue weighted by Gasteiger charge is 2.15. The second-order valence-electron chi connectivity index (χ2n) is 6.46. The van der Waals surface area contributed by atoms with Crippen molar-refractivity contribution in [1.82, 2.24) is 15.8 Å². The summed E-state index contributed by atoms with van der Waals surface area (Å²) in [7, 11) is 0. The molecular weight excluding hydrogens is 483 g/mol. The lowest BCUT2D eigenvalue weighted by atomic mass is 10.2. The Hall–Kier alpha value is -2.23. The number of aliphatic imine (C=N–C) groups is 1. The number of hydrogen-bond acceptors (Lipinski definition) is 5. The Labute approximate surface area is 188 Å². The fourth-order valence-corrected chi connectivity index (χ4v) is 2.89. The first-order chi connectivity index (χ1) is 13.6. The molecule has 0 bridgehead atoms. The van der Waals surface area contributed by atoms with E-state index in [1.807, 2.05) is 58.0 Å². The first-order valence-corrected chi connectivity index (χ1v) is 9.79. The zero-order valence-corrected chi connectivity index (χ0v) is 19.7. The van der Waals surface area contributed by atoms with E-state index in [9.17, 15) is 0 Å². The Kier molecular flexibility index (Phi) is 8.81. The molecule has 1 aromatic carbocycles. The zero-order chi connectivity index (χ0) is 19.9. The molecule has 3 aromatic rings. The van der Waals surface area contributed by atoms with Crippen LogP contribution in [0.25, 0.3) is 11.0 Å². The first-order valence-electron chi connectivity index (χ1n) is 9.79. The van der Waals surface area contributed by atoms with Gasteiger partial charge in [-0.05, 0) is 39.3 Å². The number of halogens is 1. The van der Waals surface area contributed by atoms with E-state index in [2.05, 4.69) is 20.8 Å². The molecule has 2 heterocycles. The molecule has 1 atom stereocenters. The quantitative estimate of drug-likeness (QED) is 0.256. The Morgan fingerprint density at radius 1 is 1.24 bits per heavy atom. The van der Waals surface area contributed by atoms with Crippen LogP contribution in [0.2, 0.25) is 0 Å². The SMILES string of the molecule is CCNC(=NCc1cc(CC)no1)NC(C)c1cc2cccc(OCC)c2o1.I. The molecule has 0 fully saturated rings. The van der Waals surface area contributed by atoms with E-state index in [0.29, 0.717) is 19.1 Å². The van der Waals surface area contributed by atoms with Crippen molar-refractivity contribution in [2.75, 3.05) is 13.2 Å². The summed E-state index contributed by atoms with van der Waals surface area (Å²) < 4.78 is 17.0. The van der Waals surface area contributed by atoms with Gasteiger partial charge in [0.1, 0.15) is 12.3 Å². The summed E-state index contributed by atoms with van der Waals surface area (Å²) in [5.74, 6) is 3.01. The fourth-order valence-electron chi connectivity index (χ4n) is 2.89. The van der Waals surface area contributed by atoms with Crippen LogP contribution in [-0.4, -0.2) is 24.3 Å². The number of nitrogens with zero attached hydrogens (tertiary/aromatic N) is 2. The number of guanidine groups is 1. The van der Waals surface area contributed by atoms with Gasteiger partial charge in [0.25, 0.3) is 0 Å². The number of aromatic nitrogens is 1. The molecule has 2 N–H and O–H groups in total. The lowest BCUT2D eigenvalue weighted by Gasteiger charge is -2.15. The average Bonchev–Trinajstić information content (AvgIpc) is 3.34. The summed E-state index contributed by atoms with van der Waals surface area (Å²) >= 11 is 0. The van der Waals surface area contributed by atoms with E-state index < -0.39 is 0 Å². The third-order valence-corrected chi connectivity index (χ3v) is 4.31. The van der Waals surface area contributed by atoms with Gasteiger partial charge in [-0.25, -0.2) is 4.99 Å². The molecule has 0 saturated carbocycles. The molecule has 0 amide bonds. The molecule has 29 heavy (non-hydrogen) atoms. The molecule has 8 heteroatoms. The second-order valence-corrected chi connectivity index (χ2v) is 6.46. The summed E-state index contributed by atoms with van der Waals surface area (Å²) in [5.41, 5.74) is 1.70. The number of benzene rings is 1. The van der Waals surface area contributed by atoms with Gasteiger partial charge in [0.2, 0.25) is 0 Å². The van der Waals surface area contributed by atoms with Gasteiger partial charge in [0.15, 0.2) is 23.1 Å². The Bertz CT molecular complexity index is 935. The van der Waals surface area contributed by atoms with Crippen LogP contribution < -0.4 is 15.4 Å². The number of hydrogen-bond donors (Lipinski definition) is 2. The van der Waals surface area contributed by atoms with E-state index in [4.69, 9.17) is 13.7 Å². The Morgan fingerprint density at radius 2 is 2.07 bits per heavy atom.